The number of aromatic nitrogens is 2. The summed E-state index contributed by atoms with van der Waals surface area (Å²) < 4.78 is 5.25. The zero-order valence-electron chi connectivity index (χ0n) is 13.4. The number of amides is 1. The van der Waals surface area contributed by atoms with Gasteiger partial charge in [-0.25, -0.2) is 9.97 Å². The zero-order valence-corrected chi connectivity index (χ0v) is 14.2. The maximum absolute atomic E-state index is 12.6. The molecule has 1 aromatic heterocycles. The van der Waals surface area contributed by atoms with Crippen LogP contribution in [0.4, 0.5) is 5.95 Å². The first-order valence-electron chi connectivity index (χ1n) is 7.84. The van der Waals surface area contributed by atoms with E-state index in [2.05, 4.69) is 20.2 Å². The van der Waals surface area contributed by atoms with Crippen molar-refractivity contribution in [1.82, 2.24) is 15.3 Å². The summed E-state index contributed by atoms with van der Waals surface area (Å²) in [5.74, 6) is 1.02. The Morgan fingerprint density at radius 2 is 2.17 bits per heavy atom. The van der Waals surface area contributed by atoms with E-state index in [1.165, 1.54) is 7.11 Å². The van der Waals surface area contributed by atoms with Crippen LogP contribution >= 0.6 is 11.6 Å². The average molecular weight is 347 g/mol. The van der Waals surface area contributed by atoms with Crippen molar-refractivity contribution < 1.29 is 9.53 Å². The SMILES string of the molecule is COc1ccc(Cl)cc1C(=O)N[C@H]1CCCN(c2ncccn2)C1. The molecule has 7 heteroatoms. The lowest BCUT2D eigenvalue weighted by atomic mass is 10.1. The number of carbonyl (C=O) groups is 1. The lowest BCUT2D eigenvalue weighted by Gasteiger charge is -2.33. The van der Waals surface area contributed by atoms with Gasteiger partial charge in [-0.1, -0.05) is 11.6 Å². The second kappa shape index (κ2) is 7.49. The summed E-state index contributed by atoms with van der Waals surface area (Å²) in [5.41, 5.74) is 0.443. The fourth-order valence-corrected chi connectivity index (χ4v) is 3.02. The first kappa shape index (κ1) is 16.5. The number of anilines is 1. The van der Waals surface area contributed by atoms with Crippen LogP contribution in [0.3, 0.4) is 0 Å². The van der Waals surface area contributed by atoms with Crippen molar-refractivity contribution in [2.45, 2.75) is 18.9 Å². The summed E-state index contributed by atoms with van der Waals surface area (Å²) >= 11 is 6.00. The van der Waals surface area contributed by atoms with Crippen LogP contribution in [-0.2, 0) is 0 Å². The minimum Gasteiger partial charge on any atom is -0.496 e. The molecule has 2 aromatic rings. The number of benzene rings is 1. The van der Waals surface area contributed by atoms with E-state index < -0.39 is 0 Å². The third-order valence-corrected chi connectivity index (χ3v) is 4.23. The Morgan fingerprint density at radius 3 is 2.92 bits per heavy atom. The molecule has 3 rings (SSSR count). The molecule has 0 unspecified atom stereocenters. The summed E-state index contributed by atoms with van der Waals surface area (Å²) in [6.07, 6.45) is 5.33. The predicted molar refractivity (Wildman–Crippen MR) is 92.7 cm³/mol. The molecule has 1 aliphatic heterocycles. The van der Waals surface area contributed by atoms with Crippen molar-refractivity contribution in [1.29, 1.82) is 0 Å². The van der Waals surface area contributed by atoms with E-state index in [1.807, 2.05) is 0 Å². The normalized spacial score (nSPS) is 17.4. The van der Waals surface area contributed by atoms with Crippen LogP contribution in [0.5, 0.6) is 5.75 Å². The summed E-state index contributed by atoms with van der Waals surface area (Å²) in [6, 6.07) is 6.84. The van der Waals surface area contributed by atoms with Crippen LogP contribution in [0.15, 0.2) is 36.7 Å². The molecule has 1 aromatic carbocycles. The molecule has 0 radical (unpaired) electrons. The number of methoxy groups -OCH3 is 1. The lowest BCUT2D eigenvalue weighted by Crippen LogP contribution is -2.48. The molecular weight excluding hydrogens is 328 g/mol. The van der Waals surface area contributed by atoms with Crippen molar-refractivity contribution in [3.05, 3.63) is 47.2 Å². The molecule has 1 amide bonds. The minimum atomic E-state index is -0.185. The highest BCUT2D eigenvalue weighted by Gasteiger charge is 2.24. The monoisotopic (exact) mass is 346 g/mol. The summed E-state index contributed by atoms with van der Waals surface area (Å²) in [7, 11) is 1.54. The van der Waals surface area contributed by atoms with Crippen LogP contribution in [0.25, 0.3) is 0 Å². The molecule has 2 heterocycles. The largest absolute Gasteiger partial charge is 0.496 e. The molecular formula is C17H19ClN4O2. The molecule has 126 valence electrons. The van der Waals surface area contributed by atoms with Crippen molar-refractivity contribution >= 4 is 23.5 Å². The smallest absolute Gasteiger partial charge is 0.255 e. The molecule has 1 saturated heterocycles. The first-order chi connectivity index (χ1) is 11.7. The van der Waals surface area contributed by atoms with Gasteiger partial charge in [0, 0.05) is 36.5 Å². The van der Waals surface area contributed by atoms with E-state index in [0.717, 1.165) is 19.4 Å². The fourth-order valence-electron chi connectivity index (χ4n) is 2.85. The van der Waals surface area contributed by atoms with Gasteiger partial charge in [-0.15, -0.1) is 0 Å². The van der Waals surface area contributed by atoms with Crippen molar-refractivity contribution in [3.63, 3.8) is 0 Å². The predicted octanol–water partition coefficient (Wildman–Crippen LogP) is 2.54. The number of nitrogens with zero attached hydrogens (tertiary/aromatic N) is 3. The molecule has 1 atom stereocenters. The van der Waals surface area contributed by atoms with E-state index in [-0.39, 0.29) is 11.9 Å². The van der Waals surface area contributed by atoms with Gasteiger partial charge in [0.15, 0.2) is 0 Å². The first-order valence-corrected chi connectivity index (χ1v) is 8.21. The highest BCUT2D eigenvalue weighted by molar-refractivity contribution is 6.31. The highest BCUT2D eigenvalue weighted by Crippen LogP contribution is 2.23. The van der Waals surface area contributed by atoms with Gasteiger partial charge in [0.05, 0.1) is 12.7 Å². The van der Waals surface area contributed by atoms with Gasteiger partial charge in [-0.2, -0.15) is 0 Å². The van der Waals surface area contributed by atoms with Gasteiger partial charge >= 0.3 is 0 Å². The Labute approximate surface area is 145 Å². The van der Waals surface area contributed by atoms with Crippen LogP contribution < -0.4 is 15.0 Å². The van der Waals surface area contributed by atoms with E-state index >= 15 is 0 Å². The standard InChI is InChI=1S/C17H19ClN4O2/c1-24-15-6-5-12(18)10-14(15)16(23)21-13-4-2-9-22(11-13)17-19-7-3-8-20-17/h3,5-8,10,13H,2,4,9,11H2,1H3,(H,21,23)/t13-/m0/s1. The van der Waals surface area contributed by atoms with E-state index in [9.17, 15) is 4.79 Å². The average Bonchev–Trinajstić information content (AvgIpc) is 2.62. The van der Waals surface area contributed by atoms with Crippen molar-refractivity contribution in [3.8, 4) is 5.75 Å². The number of halogens is 1. The maximum Gasteiger partial charge on any atom is 0.255 e. The van der Waals surface area contributed by atoms with Gasteiger partial charge in [0.2, 0.25) is 5.95 Å². The molecule has 1 aliphatic rings. The second-order valence-electron chi connectivity index (χ2n) is 5.65. The number of carbonyl (C=O) groups excluding carboxylic acids is 1. The summed E-state index contributed by atoms with van der Waals surface area (Å²) in [4.78, 5) is 23.2. The topological polar surface area (TPSA) is 67.3 Å². The van der Waals surface area contributed by atoms with Gasteiger partial charge in [0.1, 0.15) is 5.75 Å². The number of nitrogens with one attached hydrogen (secondary N) is 1. The summed E-state index contributed by atoms with van der Waals surface area (Å²) in [5, 5.41) is 3.57. The zero-order chi connectivity index (χ0) is 16.9. The molecule has 6 nitrogen and oxygen atoms in total. The Morgan fingerprint density at radius 1 is 1.38 bits per heavy atom. The number of hydrogen-bond acceptors (Lipinski definition) is 5. The van der Waals surface area contributed by atoms with Gasteiger partial charge in [0.25, 0.3) is 5.91 Å². The number of hydrogen-bond donors (Lipinski definition) is 1. The third-order valence-electron chi connectivity index (χ3n) is 4.00. The van der Waals surface area contributed by atoms with Crippen LogP contribution in [0.1, 0.15) is 23.2 Å². The lowest BCUT2D eigenvalue weighted by molar-refractivity contribution is 0.0930. The van der Waals surface area contributed by atoms with E-state index in [1.54, 1.807) is 36.7 Å². The Hall–Kier alpha value is -2.34. The number of rotatable bonds is 4. The van der Waals surface area contributed by atoms with Crippen molar-refractivity contribution in [2.24, 2.45) is 0 Å². The van der Waals surface area contributed by atoms with Crippen LogP contribution in [0, 0.1) is 0 Å². The van der Waals surface area contributed by atoms with Crippen LogP contribution in [0.2, 0.25) is 5.02 Å². The molecule has 24 heavy (non-hydrogen) atoms. The fraction of sp³-hybridized carbons (Fsp3) is 0.353. The molecule has 0 spiro atoms. The Bertz CT molecular complexity index is 711. The number of ether oxygens (including phenoxy) is 1. The maximum atomic E-state index is 12.6. The third kappa shape index (κ3) is 3.76. The van der Waals surface area contributed by atoms with E-state index in [0.29, 0.717) is 28.8 Å². The Balaban J connectivity index is 1.69. The summed E-state index contributed by atoms with van der Waals surface area (Å²) in [6.45, 7) is 1.56. The van der Waals surface area contributed by atoms with Crippen LogP contribution in [-0.4, -0.2) is 42.1 Å². The molecule has 1 N–H and O–H groups in total. The van der Waals surface area contributed by atoms with Gasteiger partial charge in [-0.05, 0) is 37.1 Å². The highest BCUT2D eigenvalue weighted by atomic mass is 35.5. The van der Waals surface area contributed by atoms with Crippen molar-refractivity contribution in [2.75, 3.05) is 25.1 Å². The quantitative estimate of drug-likeness (QED) is 0.921. The second-order valence-corrected chi connectivity index (χ2v) is 6.09. The van der Waals surface area contributed by atoms with Gasteiger partial charge < -0.3 is 15.0 Å². The molecule has 1 fully saturated rings. The molecule has 0 saturated carbocycles. The molecule has 0 aliphatic carbocycles. The van der Waals surface area contributed by atoms with Gasteiger partial charge in [-0.3, -0.25) is 4.79 Å². The van der Waals surface area contributed by atoms with E-state index in [4.69, 9.17) is 16.3 Å². The minimum absolute atomic E-state index is 0.0266. The molecule has 0 bridgehead atoms. The number of piperidine rings is 1. The Kier molecular flexibility index (Phi) is 5.15.